The van der Waals surface area contributed by atoms with Gasteiger partial charge in [-0.3, -0.25) is 0 Å². The van der Waals surface area contributed by atoms with Crippen LogP contribution in [0.3, 0.4) is 0 Å². The van der Waals surface area contributed by atoms with Gasteiger partial charge in [-0.1, -0.05) is 0 Å². The molecule has 0 aliphatic heterocycles. The molecule has 1 N–H and O–H groups in total. The number of aromatic nitrogens is 5. The Morgan fingerprint density at radius 2 is 1.79 bits per heavy atom. The molecule has 2 aromatic heterocycles. The zero-order valence-electron chi connectivity index (χ0n) is 16.0. The molecule has 0 bridgehead atoms. The number of fused-ring (bicyclic) bond motifs is 1. The second-order valence-corrected chi connectivity index (χ2v) is 7.04. The minimum Gasteiger partial charge on any atom is -0.474 e. The van der Waals surface area contributed by atoms with Crippen molar-refractivity contribution < 1.29 is 17.9 Å². The van der Waals surface area contributed by atoms with Gasteiger partial charge in [-0.25, -0.2) is 18.2 Å². The fraction of sp³-hybridized carbons (Fsp3) is 0.250. The third kappa shape index (κ3) is 3.32. The standard InChI is InChI=1S/C20H18F3N5O/c1-4-28-18(11-5-6-15-16(7-11)25-10-24-15)26-27-19(28)20(2,3)29-17-13(22)8-12(21)9-14(17)23/h5-10H,4H2,1-3H3,(H,24,25). The first-order valence-corrected chi connectivity index (χ1v) is 9.01. The number of rotatable bonds is 5. The second-order valence-electron chi connectivity index (χ2n) is 7.04. The van der Waals surface area contributed by atoms with E-state index in [4.69, 9.17) is 4.74 Å². The molecular formula is C20H18F3N5O. The molecule has 6 nitrogen and oxygen atoms in total. The van der Waals surface area contributed by atoms with Crippen molar-refractivity contribution in [3.8, 4) is 17.1 Å². The van der Waals surface area contributed by atoms with Crippen LogP contribution < -0.4 is 4.74 Å². The summed E-state index contributed by atoms with van der Waals surface area (Å²) in [5.41, 5.74) is 1.22. The van der Waals surface area contributed by atoms with Gasteiger partial charge in [0.15, 0.2) is 34.6 Å². The molecule has 150 valence electrons. The Labute approximate surface area is 164 Å². The maximum Gasteiger partial charge on any atom is 0.192 e. The van der Waals surface area contributed by atoms with Crippen molar-refractivity contribution in [3.63, 3.8) is 0 Å². The number of nitrogens with one attached hydrogen (secondary N) is 1. The zero-order chi connectivity index (χ0) is 20.8. The summed E-state index contributed by atoms with van der Waals surface area (Å²) in [6.45, 7) is 5.63. The Morgan fingerprint density at radius 3 is 2.48 bits per heavy atom. The number of hydrogen-bond donors (Lipinski definition) is 1. The number of halogens is 3. The minimum absolute atomic E-state index is 0.375. The summed E-state index contributed by atoms with van der Waals surface area (Å²) in [6, 6.07) is 6.79. The summed E-state index contributed by atoms with van der Waals surface area (Å²) < 4.78 is 48.7. The molecule has 9 heteroatoms. The van der Waals surface area contributed by atoms with Crippen LogP contribution >= 0.6 is 0 Å². The van der Waals surface area contributed by atoms with Gasteiger partial charge in [-0.15, -0.1) is 10.2 Å². The summed E-state index contributed by atoms with van der Waals surface area (Å²) in [4.78, 5) is 7.27. The first-order chi connectivity index (χ1) is 13.8. The zero-order valence-corrected chi connectivity index (χ0v) is 16.0. The van der Waals surface area contributed by atoms with Gasteiger partial charge >= 0.3 is 0 Å². The van der Waals surface area contributed by atoms with Crippen LogP contribution in [0.1, 0.15) is 26.6 Å². The van der Waals surface area contributed by atoms with Gasteiger partial charge in [0.1, 0.15) is 5.82 Å². The lowest BCUT2D eigenvalue weighted by atomic mass is 10.1. The largest absolute Gasteiger partial charge is 0.474 e. The Morgan fingerprint density at radius 1 is 1.07 bits per heavy atom. The fourth-order valence-corrected chi connectivity index (χ4v) is 3.26. The van der Waals surface area contributed by atoms with E-state index in [1.165, 1.54) is 0 Å². The lowest BCUT2D eigenvalue weighted by Gasteiger charge is -2.26. The third-order valence-corrected chi connectivity index (χ3v) is 4.61. The molecule has 0 unspecified atom stereocenters. The van der Waals surface area contributed by atoms with Gasteiger partial charge in [-0.05, 0) is 39.0 Å². The number of nitrogens with zero attached hydrogens (tertiary/aromatic N) is 4. The highest BCUT2D eigenvalue weighted by atomic mass is 19.1. The van der Waals surface area contributed by atoms with Crippen molar-refractivity contribution in [2.75, 3.05) is 0 Å². The molecular weight excluding hydrogens is 383 g/mol. The Kier molecular flexibility index (Phi) is 4.52. The molecule has 2 aromatic carbocycles. The quantitative estimate of drug-likeness (QED) is 0.532. The topological polar surface area (TPSA) is 68.6 Å². The number of H-pyrrole nitrogens is 1. The van der Waals surface area contributed by atoms with Crippen LogP contribution in [-0.2, 0) is 12.1 Å². The van der Waals surface area contributed by atoms with Gasteiger partial charge in [0.2, 0.25) is 0 Å². The predicted octanol–water partition coefficient (Wildman–Crippen LogP) is 4.57. The van der Waals surface area contributed by atoms with E-state index in [1.54, 1.807) is 24.7 Å². The molecule has 0 radical (unpaired) electrons. The van der Waals surface area contributed by atoms with Gasteiger partial charge in [0.05, 0.1) is 17.4 Å². The maximum atomic E-state index is 14.1. The summed E-state index contributed by atoms with van der Waals surface area (Å²) >= 11 is 0. The van der Waals surface area contributed by atoms with E-state index in [2.05, 4.69) is 20.2 Å². The Balaban J connectivity index is 1.75. The highest BCUT2D eigenvalue weighted by Crippen LogP contribution is 2.33. The van der Waals surface area contributed by atoms with Gasteiger partial charge < -0.3 is 14.3 Å². The molecule has 0 amide bonds. The first-order valence-electron chi connectivity index (χ1n) is 9.01. The molecule has 0 aliphatic carbocycles. The van der Waals surface area contributed by atoms with Crippen LogP contribution in [0.25, 0.3) is 22.4 Å². The third-order valence-electron chi connectivity index (χ3n) is 4.61. The summed E-state index contributed by atoms with van der Waals surface area (Å²) in [5, 5.41) is 8.48. The van der Waals surface area contributed by atoms with Crippen LogP contribution in [0.2, 0.25) is 0 Å². The molecule has 2 heterocycles. The van der Waals surface area contributed by atoms with Crippen LogP contribution in [-0.4, -0.2) is 24.7 Å². The van der Waals surface area contributed by atoms with Crippen molar-refractivity contribution in [1.29, 1.82) is 0 Å². The van der Waals surface area contributed by atoms with Crippen molar-refractivity contribution in [3.05, 3.63) is 59.9 Å². The van der Waals surface area contributed by atoms with Crippen molar-refractivity contribution in [1.82, 2.24) is 24.7 Å². The van der Waals surface area contributed by atoms with Crippen LogP contribution in [0.5, 0.6) is 5.75 Å². The normalized spacial score (nSPS) is 11.9. The minimum atomic E-state index is -1.24. The monoisotopic (exact) mass is 401 g/mol. The first kappa shape index (κ1) is 19.0. The fourth-order valence-electron chi connectivity index (χ4n) is 3.26. The van der Waals surface area contributed by atoms with E-state index in [1.807, 2.05) is 25.1 Å². The van der Waals surface area contributed by atoms with Crippen LogP contribution in [0.4, 0.5) is 13.2 Å². The van der Waals surface area contributed by atoms with E-state index >= 15 is 0 Å². The molecule has 0 aliphatic rings. The van der Waals surface area contributed by atoms with Crippen LogP contribution in [0.15, 0.2) is 36.7 Å². The average molecular weight is 401 g/mol. The number of benzene rings is 2. The van der Waals surface area contributed by atoms with E-state index < -0.39 is 28.8 Å². The lowest BCUT2D eigenvalue weighted by Crippen LogP contribution is -2.30. The number of ether oxygens (including phenoxy) is 1. The van der Waals surface area contributed by atoms with E-state index in [0.29, 0.717) is 30.3 Å². The van der Waals surface area contributed by atoms with E-state index in [9.17, 15) is 13.2 Å². The average Bonchev–Trinajstić information content (AvgIpc) is 3.30. The van der Waals surface area contributed by atoms with Crippen molar-refractivity contribution in [2.45, 2.75) is 32.9 Å². The van der Waals surface area contributed by atoms with Gasteiger partial charge in [0, 0.05) is 24.2 Å². The lowest BCUT2D eigenvalue weighted by molar-refractivity contribution is 0.0824. The Hall–Kier alpha value is -3.36. The molecule has 0 atom stereocenters. The second kappa shape index (κ2) is 6.91. The van der Waals surface area contributed by atoms with E-state index in [-0.39, 0.29) is 0 Å². The number of hydrogen-bond acceptors (Lipinski definition) is 4. The summed E-state index contributed by atoms with van der Waals surface area (Å²) in [7, 11) is 0. The molecule has 4 rings (SSSR count). The molecule has 0 spiro atoms. The van der Waals surface area contributed by atoms with Crippen LogP contribution in [0, 0.1) is 17.5 Å². The van der Waals surface area contributed by atoms with E-state index in [0.717, 1.165) is 16.6 Å². The molecule has 4 aromatic rings. The molecule has 0 fully saturated rings. The highest BCUT2D eigenvalue weighted by molar-refractivity contribution is 5.80. The molecule has 0 saturated heterocycles. The van der Waals surface area contributed by atoms with Crippen molar-refractivity contribution in [2.24, 2.45) is 0 Å². The molecule has 29 heavy (non-hydrogen) atoms. The highest BCUT2D eigenvalue weighted by Gasteiger charge is 2.33. The summed E-state index contributed by atoms with van der Waals surface area (Å²) in [5.74, 6) is -2.98. The van der Waals surface area contributed by atoms with Gasteiger partial charge in [0.25, 0.3) is 0 Å². The number of aromatic amines is 1. The Bertz CT molecular complexity index is 1180. The predicted molar refractivity (Wildman–Crippen MR) is 101 cm³/mol. The SMILES string of the molecule is CCn1c(-c2ccc3[nH]cnc3c2)nnc1C(C)(C)Oc1c(F)cc(F)cc1F. The smallest absolute Gasteiger partial charge is 0.192 e. The number of imidazole rings is 1. The summed E-state index contributed by atoms with van der Waals surface area (Å²) in [6.07, 6.45) is 1.60. The maximum absolute atomic E-state index is 14.1. The van der Waals surface area contributed by atoms with Crippen molar-refractivity contribution >= 4 is 11.0 Å². The van der Waals surface area contributed by atoms with Gasteiger partial charge in [-0.2, -0.15) is 0 Å². The molecule has 0 saturated carbocycles.